The van der Waals surface area contributed by atoms with Gasteiger partial charge in [-0.15, -0.1) is 0 Å². The molecule has 9 heteroatoms. The average Bonchev–Trinajstić information content (AvgIpc) is 2.77. The molecule has 0 bridgehead atoms. The van der Waals surface area contributed by atoms with Gasteiger partial charge in [0.05, 0.1) is 52.4 Å². The van der Waals surface area contributed by atoms with Crippen LogP contribution in [-0.2, 0) is 6.18 Å². The summed E-state index contributed by atoms with van der Waals surface area (Å²) in [7, 11) is 0. The number of benzene rings is 2. The van der Waals surface area contributed by atoms with Crippen molar-refractivity contribution in [1.29, 1.82) is 10.5 Å². The molecular weight excluding hydrogens is 419 g/mol. The minimum absolute atomic E-state index is 0.125. The van der Waals surface area contributed by atoms with Crippen LogP contribution >= 0.6 is 0 Å². The lowest BCUT2D eigenvalue weighted by Gasteiger charge is -2.27. The summed E-state index contributed by atoms with van der Waals surface area (Å²) in [5.74, 6) is 0. The van der Waals surface area contributed by atoms with Gasteiger partial charge in [0.15, 0.2) is 0 Å². The fourth-order valence-electron chi connectivity index (χ4n) is 3.60. The van der Waals surface area contributed by atoms with E-state index in [-0.39, 0.29) is 11.3 Å². The molecule has 0 radical (unpaired) electrons. The summed E-state index contributed by atoms with van der Waals surface area (Å²) < 4.78 is 40.5. The molecular formula is C23H20F3N5O. The van der Waals surface area contributed by atoms with Gasteiger partial charge in [-0.1, -0.05) is 12.1 Å². The Labute approximate surface area is 183 Å². The number of anilines is 1. The Bertz CT molecular complexity index is 1150. The smallest absolute Gasteiger partial charge is 0.391 e. The highest BCUT2D eigenvalue weighted by Crippen LogP contribution is 2.37. The molecule has 0 fully saturated rings. The Morgan fingerprint density at radius 3 is 2.22 bits per heavy atom. The second kappa shape index (κ2) is 9.21. The van der Waals surface area contributed by atoms with Crippen molar-refractivity contribution < 1.29 is 18.3 Å². The maximum Gasteiger partial charge on any atom is 0.418 e. The van der Waals surface area contributed by atoms with Gasteiger partial charge >= 0.3 is 6.18 Å². The topological polar surface area (TPSA) is 105 Å². The second-order valence-electron chi connectivity index (χ2n) is 7.46. The summed E-state index contributed by atoms with van der Waals surface area (Å²) >= 11 is 0. The van der Waals surface area contributed by atoms with Crippen LogP contribution in [0.1, 0.15) is 47.6 Å². The van der Waals surface area contributed by atoms with E-state index in [0.717, 1.165) is 17.3 Å². The molecule has 2 atom stereocenters. The van der Waals surface area contributed by atoms with Crippen LogP contribution in [0.25, 0.3) is 0 Å². The van der Waals surface area contributed by atoms with E-state index in [1.807, 2.05) is 6.07 Å². The van der Waals surface area contributed by atoms with E-state index in [0.29, 0.717) is 24.1 Å². The maximum atomic E-state index is 13.5. The SMILES string of the molecule is Cc1c(N[C@@H](C2=NN=C(c3ccc(C#N)cc3)CC2)[C@@H](C)O)ccc(C#N)c1C(F)(F)F. The van der Waals surface area contributed by atoms with Crippen LogP contribution in [0.4, 0.5) is 18.9 Å². The Kier molecular flexibility index (Phi) is 6.61. The molecule has 1 aliphatic rings. The molecule has 164 valence electrons. The highest BCUT2D eigenvalue weighted by molar-refractivity contribution is 6.06. The monoisotopic (exact) mass is 439 g/mol. The number of nitrogens with zero attached hydrogens (tertiary/aromatic N) is 4. The molecule has 0 aromatic heterocycles. The minimum atomic E-state index is -4.68. The van der Waals surface area contributed by atoms with Crippen molar-refractivity contribution in [2.24, 2.45) is 10.2 Å². The number of aliphatic hydroxyl groups excluding tert-OH is 1. The zero-order chi connectivity index (χ0) is 23.5. The van der Waals surface area contributed by atoms with Gasteiger partial charge in [0.25, 0.3) is 0 Å². The fraction of sp³-hybridized carbons (Fsp3) is 0.304. The molecule has 6 nitrogen and oxygen atoms in total. The molecule has 2 aromatic rings. The van der Waals surface area contributed by atoms with E-state index < -0.39 is 29.4 Å². The van der Waals surface area contributed by atoms with Gasteiger partial charge in [0.1, 0.15) is 0 Å². The highest BCUT2D eigenvalue weighted by atomic mass is 19.4. The third kappa shape index (κ3) is 4.79. The Morgan fingerprint density at radius 1 is 1.03 bits per heavy atom. The van der Waals surface area contributed by atoms with Crippen LogP contribution in [0.5, 0.6) is 0 Å². The predicted molar refractivity (Wildman–Crippen MR) is 114 cm³/mol. The van der Waals surface area contributed by atoms with Gasteiger partial charge < -0.3 is 10.4 Å². The highest BCUT2D eigenvalue weighted by Gasteiger charge is 2.37. The van der Waals surface area contributed by atoms with Crippen molar-refractivity contribution in [2.45, 2.75) is 45.0 Å². The molecule has 0 saturated carbocycles. The summed E-state index contributed by atoms with van der Waals surface area (Å²) in [6, 6.07) is 12.3. The summed E-state index contributed by atoms with van der Waals surface area (Å²) in [6.07, 6.45) is -4.67. The zero-order valence-corrected chi connectivity index (χ0v) is 17.4. The molecule has 2 N–H and O–H groups in total. The number of nitrogens with one attached hydrogen (secondary N) is 1. The third-order valence-corrected chi connectivity index (χ3v) is 5.29. The predicted octanol–water partition coefficient (Wildman–Crippen LogP) is 4.56. The largest absolute Gasteiger partial charge is 0.418 e. The number of halogens is 3. The summed E-state index contributed by atoms with van der Waals surface area (Å²) in [5, 5.41) is 39.7. The molecule has 1 aliphatic heterocycles. The molecule has 3 rings (SSSR count). The normalized spacial score (nSPS) is 15.6. The number of hydrogen-bond acceptors (Lipinski definition) is 6. The first-order valence-electron chi connectivity index (χ1n) is 9.85. The lowest BCUT2D eigenvalue weighted by atomic mass is 9.95. The number of aliphatic hydroxyl groups is 1. The molecule has 0 spiro atoms. The molecule has 0 saturated heterocycles. The molecule has 32 heavy (non-hydrogen) atoms. The Hall–Kier alpha value is -3.69. The van der Waals surface area contributed by atoms with Crippen LogP contribution in [-0.4, -0.2) is 28.7 Å². The van der Waals surface area contributed by atoms with Gasteiger partial charge in [-0.05, 0) is 62.1 Å². The quantitative estimate of drug-likeness (QED) is 0.713. The fourth-order valence-corrected chi connectivity index (χ4v) is 3.60. The van der Waals surface area contributed by atoms with Crippen LogP contribution in [0, 0.1) is 29.6 Å². The van der Waals surface area contributed by atoms with Gasteiger partial charge in [-0.3, -0.25) is 0 Å². The molecule has 1 heterocycles. The van der Waals surface area contributed by atoms with Crippen LogP contribution < -0.4 is 5.32 Å². The number of nitriles is 2. The standard InChI is InChI=1S/C23H20F3N5O/c1-13-18(8-7-17(12-28)21(13)23(24,25)26)29-22(14(2)32)20-10-9-19(30-31-20)16-5-3-15(11-27)4-6-16/h3-8,14,22,29,32H,9-10H2,1-2H3/t14-,22-/m1/s1. The van der Waals surface area contributed by atoms with E-state index in [1.165, 1.54) is 19.9 Å². The number of hydrogen-bond donors (Lipinski definition) is 2. The molecule has 0 aliphatic carbocycles. The lowest BCUT2D eigenvalue weighted by molar-refractivity contribution is -0.138. The van der Waals surface area contributed by atoms with Crippen molar-refractivity contribution in [3.05, 3.63) is 64.2 Å². The van der Waals surface area contributed by atoms with E-state index in [4.69, 9.17) is 10.5 Å². The first kappa shape index (κ1) is 23.0. The summed E-state index contributed by atoms with van der Waals surface area (Å²) in [5.41, 5.74) is 1.16. The first-order chi connectivity index (χ1) is 15.2. The van der Waals surface area contributed by atoms with Crippen molar-refractivity contribution in [1.82, 2.24) is 0 Å². The van der Waals surface area contributed by atoms with E-state index in [1.54, 1.807) is 30.3 Å². The van der Waals surface area contributed by atoms with Crippen molar-refractivity contribution in [2.75, 3.05) is 5.32 Å². The lowest BCUT2D eigenvalue weighted by Crippen LogP contribution is -2.40. The van der Waals surface area contributed by atoms with Crippen LogP contribution in [0.15, 0.2) is 46.6 Å². The zero-order valence-electron chi connectivity index (χ0n) is 17.4. The van der Waals surface area contributed by atoms with E-state index in [2.05, 4.69) is 15.5 Å². The molecule has 0 unspecified atom stereocenters. The maximum absolute atomic E-state index is 13.5. The summed E-state index contributed by atoms with van der Waals surface area (Å²) in [6.45, 7) is 2.80. The minimum Gasteiger partial charge on any atom is -0.391 e. The second-order valence-corrected chi connectivity index (χ2v) is 7.46. The number of alkyl halides is 3. The van der Waals surface area contributed by atoms with Crippen LogP contribution in [0.2, 0.25) is 0 Å². The number of rotatable bonds is 5. The van der Waals surface area contributed by atoms with Crippen molar-refractivity contribution >= 4 is 17.1 Å². The van der Waals surface area contributed by atoms with Crippen molar-refractivity contribution in [3.63, 3.8) is 0 Å². The van der Waals surface area contributed by atoms with E-state index in [9.17, 15) is 18.3 Å². The van der Waals surface area contributed by atoms with Gasteiger partial charge in [0.2, 0.25) is 0 Å². The van der Waals surface area contributed by atoms with Crippen LogP contribution in [0.3, 0.4) is 0 Å². The molecule has 0 amide bonds. The average molecular weight is 439 g/mol. The third-order valence-electron chi connectivity index (χ3n) is 5.29. The molecule has 2 aromatic carbocycles. The van der Waals surface area contributed by atoms with Crippen molar-refractivity contribution in [3.8, 4) is 12.1 Å². The van der Waals surface area contributed by atoms with Gasteiger partial charge in [-0.25, -0.2) is 0 Å². The van der Waals surface area contributed by atoms with Gasteiger partial charge in [-0.2, -0.15) is 33.9 Å². The summed E-state index contributed by atoms with van der Waals surface area (Å²) in [4.78, 5) is 0. The Morgan fingerprint density at radius 2 is 1.72 bits per heavy atom. The first-order valence-corrected chi connectivity index (χ1v) is 9.85. The van der Waals surface area contributed by atoms with Gasteiger partial charge in [0, 0.05) is 5.69 Å². The Balaban J connectivity index is 1.90. The van der Waals surface area contributed by atoms with E-state index >= 15 is 0 Å².